The zero-order valence-electron chi connectivity index (χ0n) is 14.1. The van der Waals surface area contributed by atoms with Crippen LogP contribution in [0, 0.1) is 0 Å². The molecule has 1 aliphatic heterocycles. The van der Waals surface area contributed by atoms with Crippen molar-refractivity contribution in [2.75, 3.05) is 18.0 Å². The van der Waals surface area contributed by atoms with E-state index in [-0.39, 0.29) is 23.8 Å². The SMILES string of the molecule is C[C@@H](CC(=O)c1cc(=O)[nH]c(N2CCC2)n1)c1ccc(C(F)(F)F)cc1. The summed E-state index contributed by atoms with van der Waals surface area (Å²) < 4.78 is 37.9. The number of Topliss-reactive ketones (excluding diaryl/α,β-unsaturated/α-hetero) is 1. The van der Waals surface area contributed by atoms with Crippen molar-refractivity contribution in [1.82, 2.24) is 9.97 Å². The smallest absolute Gasteiger partial charge is 0.342 e. The molecule has 1 atom stereocenters. The fourth-order valence-electron chi connectivity index (χ4n) is 2.77. The molecule has 8 heteroatoms. The Balaban J connectivity index is 1.73. The van der Waals surface area contributed by atoms with Crippen LogP contribution in [-0.4, -0.2) is 28.8 Å². The topological polar surface area (TPSA) is 66.1 Å². The second-order valence-corrected chi connectivity index (χ2v) is 6.44. The lowest BCUT2D eigenvalue weighted by Crippen LogP contribution is -2.39. The van der Waals surface area contributed by atoms with Gasteiger partial charge in [-0.05, 0) is 30.0 Å². The van der Waals surface area contributed by atoms with Crippen LogP contribution in [0.15, 0.2) is 35.1 Å². The van der Waals surface area contributed by atoms with Crippen LogP contribution in [0.25, 0.3) is 0 Å². The molecule has 1 aromatic heterocycles. The summed E-state index contributed by atoms with van der Waals surface area (Å²) in [5, 5.41) is 0. The Morgan fingerprint density at radius 1 is 1.27 bits per heavy atom. The quantitative estimate of drug-likeness (QED) is 0.825. The number of aromatic nitrogens is 2. The van der Waals surface area contributed by atoms with E-state index in [1.165, 1.54) is 12.1 Å². The predicted octanol–water partition coefficient (Wildman–Crippen LogP) is 3.38. The Labute approximate surface area is 147 Å². The predicted molar refractivity (Wildman–Crippen MR) is 90.5 cm³/mol. The molecule has 0 radical (unpaired) electrons. The molecule has 0 saturated carbocycles. The van der Waals surface area contributed by atoms with Gasteiger partial charge in [0.1, 0.15) is 5.69 Å². The van der Waals surface area contributed by atoms with Gasteiger partial charge in [-0.3, -0.25) is 14.6 Å². The van der Waals surface area contributed by atoms with Crippen LogP contribution in [0.4, 0.5) is 19.1 Å². The first-order chi connectivity index (χ1) is 12.2. The van der Waals surface area contributed by atoms with Gasteiger partial charge in [0.15, 0.2) is 5.78 Å². The number of alkyl halides is 3. The van der Waals surface area contributed by atoms with Crippen LogP contribution in [0.2, 0.25) is 0 Å². The molecule has 0 aliphatic carbocycles. The molecule has 5 nitrogen and oxygen atoms in total. The fourth-order valence-corrected chi connectivity index (χ4v) is 2.77. The van der Waals surface area contributed by atoms with E-state index < -0.39 is 17.3 Å². The fraction of sp³-hybridized carbons (Fsp3) is 0.389. The second kappa shape index (κ2) is 6.93. The molecule has 0 spiro atoms. The molecule has 2 aromatic rings. The lowest BCUT2D eigenvalue weighted by molar-refractivity contribution is -0.137. The highest BCUT2D eigenvalue weighted by molar-refractivity contribution is 5.94. The molecule has 0 amide bonds. The molecule has 2 heterocycles. The average Bonchev–Trinajstić information content (AvgIpc) is 2.52. The monoisotopic (exact) mass is 365 g/mol. The summed E-state index contributed by atoms with van der Waals surface area (Å²) in [4.78, 5) is 32.9. The Hall–Kier alpha value is -2.64. The Kier molecular flexibility index (Phi) is 4.84. The molecule has 1 N–H and O–H groups in total. The second-order valence-electron chi connectivity index (χ2n) is 6.44. The summed E-state index contributed by atoms with van der Waals surface area (Å²) in [5.41, 5.74) is -0.420. The van der Waals surface area contributed by atoms with Crippen LogP contribution in [0.1, 0.15) is 47.3 Å². The highest BCUT2D eigenvalue weighted by Crippen LogP contribution is 2.31. The number of hydrogen-bond acceptors (Lipinski definition) is 4. The first kappa shape index (κ1) is 18.2. The molecule has 0 unspecified atom stereocenters. The molecular weight excluding hydrogens is 347 g/mol. The van der Waals surface area contributed by atoms with Gasteiger partial charge in [0.05, 0.1) is 5.56 Å². The van der Waals surface area contributed by atoms with E-state index in [0.717, 1.165) is 37.7 Å². The number of nitrogens with zero attached hydrogens (tertiary/aromatic N) is 2. The normalized spacial score (nSPS) is 15.5. The molecule has 1 aliphatic rings. The van der Waals surface area contributed by atoms with E-state index in [0.29, 0.717) is 11.5 Å². The number of benzene rings is 1. The van der Waals surface area contributed by atoms with Crippen molar-refractivity contribution in [3.63, 3.8) is 0 Å². The largest absolute Gasteiger partial charge is 0.416 e. The highest BCUT2D eigenvalue weighted by Gasteiger charge is 2.30. The van der Waals surface area contributed by atoms with E-state index in [1.807, 2.05) is 4.90 Å². The van der Waals surface area contributed by atoms with Crippen molar-refractivity contribution in [1.29, 1.82) is 0 Å². The number of carbonyl (C=O) groups is 1. The third-order valence-corrected chi connectivity index (χ3v) is 4.47. The third-order valence-electron chi connectivity index (χ3n) is 4.47. The zero-order chi connectivity index (χ0) is 18.9. The minimum Gasteiger partial charge on any atom is -0.342 e. The van der Waals surface area contributed by atoms with Crippen LogP contribution in [0.3, 0.4) is 0 Å². The van der Waals surface area contributed by atoms with E-state index in [9.17, 15) is 22.8 Å². The number of nitrogens with one attached hydrogen (secondary N) is 1. The summed E-state index contributed by atoms with van der Waals surface area (Å²) in [6, 6.07) is 5.91. The number of hydrogen-bond donors (Lipinski definition) is 1. The summed E-state index contributed by atoms with van der Waals surface area (Å²) >= 11 is 0. The molecule has 1 saturated heterocycles. The molecule has 1 fully saturated rings. The van der Waals surface area contributed by atoms with Crippen LogP contribution < -0.4 is 10.5 Å². The van der Waals surface area contributed by atoms with Crippen molar-refractivity contribution in [3.8, 4) is 0 Å². The highest BCUT2D eigenvalue weighted by atomic mass is 19.4. The lowest BCUT2D eigenvalue weighted by Gasteiger charge is -2.31. The number of anilines is 1. The summed E-state index contributed by atoms with van der Waals surface area (Å²) in [6.07, 6.45) is -3.33. The van der Waals surface area contributed by atoms with Crippen molar-refractivity contribution < 1.29 is 18.0 Å². The van der Waals surface area contributed by atoms with Gasteiger partial charge in [-0.1, -0.05) is 19.1 Å². The standard InChI is InChI=1S/C18H18F3N3O2/c1-11(12-3-5-13(6-4-12)18(19,20)21)9-15(25)14-10-16(26)23-17(22-14)24-7-2-8-24/h3-6,10-11H,2,7-9H2,1H3,(H,22,23,26)/t11-/m0/s1. The third kappa shape index (κ3) is 3.95. The Morgan fingerprint density at radius 3 is 2.46 bits per heavy atom. The van der Waals surface area contributed by atoms with Crippen molar-refractivity contribution in [2.24, 2.45) is 0 Å². The molecule has 26 heavy (non-hydrogen) atoms. The molecule has 138 valence electrons. The van der Waals surface area contributed by atoms with Crippen molar-refractivity contribution >= 4 is 11.7 Å². The van der Waals surface area contributed by atoms with Gasteiger partial charge in [-0.15, -0.1) is 0 Å². The van der Waals surface area contributed by atoms with E-state index in [2.05, 4.69) is 9.97 Å². The molecule has 3 rings (SSSR count). The Bertz CT molecular complexity index is 855. The number of H-pyrrole nitrogens is 1. The minimum atomic E-state index is -4.39. The van der Waals surface area contributed by atoms with E-state index in [4.69, 9.17) is 0 Å². The Morgan fingerprint density at radius 2 is 1.92 bits per heavy atom. The minimum absolute atomic E-state index is 0.0568. The maximum Gasteiger partial charge on any atom is 0.416 e. The van der Waals surface area contributed by atoms with Gasteiger partial charge in [-0.2, -0.15) is 13.2 Å². The first-order valence-corrected chi connectivity index (χ1v) is 8.31. The number of carbonyl (C=O) groups excluding carboxylic acids is 1. The number of aromatic amines is 1. The van der Waals surface area contributed by atoms with Gasteiger partial charge in [0, 0.05) is 25.6 Å². The molecule has 0 bridgehead atoms. The lowest BCUT2D eigenvalue weighted by atomic mass is 9.94. The van der Waals surface area contributed by atoms with Gasteiger partial charge in [-0.25, -0.2) is 4.98 Å². The average molecular weight is 365 g/mol. The number of rotatable bonds is 5. The van der Waals surface area contributed by atoms with E-state index >= 15 is 0 Å². The van der Waals surface area contributed by atoms with Gasteiger partial charge in [0.25, 0.3) is 5.56 Å². The zero-order valence-corrected chi connectivity index (χ0v) is 14.1. The van der Waals surface area contributed by atoms with Crippen molar-refractivity contribution in [3.05, 3.63) is 57.5 Å². The maximum absolute atomic E-state index is 12.6. The molecule has 1 aromatic carbocycles. The number of halogens is 3. The van der Waals surface area contributed by atoms with E-state index in [1.54, 1.807) is 6.92 Å². The van der Waals surface area contributed by atoms with Gasteiger partial charge < -0.3 is 4.90 Å². The maximum atomic E-state index is 12.6. The van der Waals surface area contributed by atoms with Crippen molar-refractivity contribution in [2.45, 2.75) is 31.9 Å². The summed E-state index contributed by atoms with van der Waals surface area (Å²) in [5.74, 6) is -0.224. The van der Waals surface area contributed by atoms with Crippen LogP contribution in [0.5, 0.6) is 0 Å². The van der Waals surface area contributed by atoms with Crippen LogP contribution in [-0.2, 0) is 6.18 Å². The van der Waals surface area contributed by atoms with Crippen LogP contribution >= 0.6 is 0 Å². The number of ketones is 1. The summed E-state index contributed by atoms with van der Waals surface area (Å²) in [6.45, 7) is 3.31. The molecular formula is C18H18F3N3O2. The van der Waals surface area contributed by atoms with Gasteiger partial charge >= 0.3 is 6.18 Å². The summed E-state index contributed by atoms with van der Waals surface area (Å²) in [7, 11) is 0. The van der Waals surface area contributed by atoms with Gasteiger partial charge in [0.2, 0.25) is 5.95 Å². The first-order valence-electron chi connectivity index (χ1n) is 8.31.